The molecule has 0 saturated heterocycles. The zero-order valence-corrected chi connectivity index (χ0v) is 15.9. The zero-order valence-electron chi connectivity index (χ0n) is 15.9. The van der Waals surface area contributed by atoms with E-state index in [4.69, 9.17) is 0 Å². The molecule has 0 bridgehead atoms. The third-order valence-electron chi connectivity index (χ3n) is 4.92. The zero-order chi connectivity index (χ0) is 20.1. The van der Waals surface area contributed by atoms with Crippen molar-refractivity contribution in [2.75, 3.05) is 0 Å². The molecule has 4 aromatic rings. The minimum atomic E-state index is -0.827. The number of imidazole rings is 1. The summed E-state index contributed by atoms with van der Waals surface area (Å²) in [6, 6.07) is 23.1. The number of carbonyl (C=O) groups is 2. The van der Waals surface area contributed by atoms with Gasteiger partial charge in [0.15, 0.2) is 5.78 Å². The Hall–Kier alpha value is -3.73. The minimum absolute atomic E-state index is 0.199. The van der Waals surface area contributed by atoms with Crippen LogP contribution in [0.25, 0.3) is 10.8 Å². The fourth-order valence-corrected chi connectivity index (χ4v) is 3.36. The van der Waals surface area contributed by atoms with Crippen LogP contribution in [0.15, 0.2) is 91.5 Å². The molecule has 0 aliphatic heterocycles. The Bertz CT molecular complexity index is 1120. The molecule has 1 N–H and O–H groups in total. The lowest BCUT2D eigenvalue weighted by Gasteiger charge is -2.17. The van der Waals surface area contributed by atoms with E-state index in [2.05, 4.69) is 22.4 Å². The second-order valence-corrected chi connectivity index (χ2v) is 6.94. The second-order valence-electron chi connectivity index (χ2n) is 6.94. The predicted molar refractivity (Wildman–Crippen MR) is 112 cm³/mol. The third-order valence-corrected chi connectivity index (χ3v) is 4.92. The van der Waals surface area contributed by atoms with E-state index in [9.17, 15) is 9.59 Å². The molecule has 0 spiro atoms. The van der Waals surface area contributed by atoms with Crippen molar-refractivity contribution < 1.29 is 9.59 Å². The van der Waals surface area contributed by atoms with Gasteiger partial charge in [-0.2, -0.15) is 0 Å². The SMILES string of the molecule is O=C(NCc1ccc2ccccc2c1)C(Cn1ccnc1)C(=O)c1ccccc1. The molecule has 0 radical (unpaired) electrons. The van der Waals surface area contributed by atoms with Crippen LogP contribution in [-0.2, 0) is 17.9 Å². The number of ketones is 1. The van der Waals surface area contributed by atoms with Crippen LogP contribution >= 0.6 is 0 Å². The average molecular weight is 383 g/mol. The van der Waals surface area contributed by atoms with Crippen molar-refractivity contribution in [3.63, 3.8) is 0 Å². The molecule has 5 nitrogen and oxygen atoms in total. The van der Waals surface area contributed by atoms with Gasteiger partial charge >= 0.3 is 0 Å². The van der Waals surface area contributed by atoms with Crippen molar-refractivity contribution >= 4 is 22.5 Å². The maximum Gasteiger partial charge on any atom is 0.233 e. The fraction of sp³-hybridized carbons (Fsp3) is 0.125. The summed E-state index contributed by atoms with van der Waals surface area (Å²) >= 11 is 0. The number of fused-ring (bicyclic) bond motifs is 1. The minimum Gasteiger partial charge on any atom is -0.351 e. The van der Waals surface area contributed by atoms with Crippen LogP contribution in [0.3, 0.4) is 0 Å². The van der Waals surface area contributed by atoms with Crippen LogP contribution in [-0.4, -0.2) is 21.2 Å². The van der Waals surface area contributed by atoms with Gasteiger partial charge in [0.2, 0.25) is 5.91 Å². The highest BCUT2D eigenvalue weighted by Crippen LogP contribution is 2.16. The smallest absolute Gasteiger partial charge is 0.233 e. The van der Waals surface area contributed by atoms with E-state index >= 15 is 0 Å². The molecule has 1 amide bonds. The normalized spacial score (nSPS) is 11.9. The van der Waals surface area contributed by atoms with Crippen molar-refractivity contribution in [1.82, 2.24) is 14.9 Å². The number of Topliss-reactive ketones (excluding diaryl/α,β-unsaturated/α-hetero) is 1. The topological polar surface area (TPSA) is 64.0 Å². The summed E-state index contributed by atoms with van der Waals surface area (Å²) in [5.41, 5.74) is 1.52. The first-order valence-electron chi connectivity index (χ1n) is 9.51. The molecular weight excluding hydrogens is 362 g/mol. The van der Waals surface area contributed by atoms with E-state index in [-0.39, 0.29) is 18.2 Å². The maximum absolute atomic E-state index is 13.0. The molecular formula is C24H21N3O2. The van der Waals surface area contributed by atoms with Crippen molar-refractivity contribution in [1.29, 1.82) is 0 Å². The standard InChI is InChI=1S/C24H21N3O2/c28-23(20-7-2-1-3-8-20)22(16-27-13-12-25-17-27)24(29)26-15-18-10-11-19-6-4-5-9-21(19)14-18/h1-14,17,22H,15-16H2,(H,26,29). The molecule has 1 heterocycles. The highest BCUT2D eigenvalue weighted by Gasteiger charge is 2.27. The lowest BCUT2D eigenvalue weighted by molar-refractivity contribution is -0.124. The number of amides is 1. The van der Waals surface area contributed by atoms with E-state index in [1.54, 1.807) is 47.6 Å². The number of hydrogen-bond donors (Lipinski definition) is 1. The van der Waals surface area contributed by atoms with E-state index < -0.39 is 5.92 Å². The largest absolute Gasteiger partial charge is 0.351 e. The monoisotopic (exact) mass is 383 g/mol. The van der Waals surface area contributed by atoms with Gasteiger partial charge < -0.3 is 9.88 Å². The second kappa shape index (κ2) is 8.52. The first-order valence-corrected chi connectivity index (χ1v) is 9.51. The van der Waals surface area contributed by atoms with Crippen LogP contribution in [0.1, 0.15) is 15.9 Å². The first kappa shape index (κ1) is 18.6. The molecule has 0 saturated carbocycles. The van der Waals surface area contributed by atoms with Crippen molar-refractivity contribution in [3.8, 4) is 0 Å². The first-order chi connectivity index (χ1) is 14.2. The van der Waals surface area contributed by atoms with Gasteiger partial charge in [-0.1, -0.05) is 66.7 Å². The van der Waals surface area contributed by atoms with E-state index in [1.807, 2.05) is 36.4 Å². The van der Waals surface area contributed by atoms with Gasteiger partial charge in [-0.25, -0.2) is 4.98 Å². The van der Waals surface area contributed by atoms with Crippen LogP contribution in [0.5, 0.6) is 0 Å². The Morgan fingerprint density at radius 2 is 1.69 bits per heavy atom. The summed E-state index contributed by atoms with van der Waals surface area (Å²) in [5.74, 6) is -1.32. The lowest BCUT2D eigenvalue weighted by atomic mass is 9.96. The number of aromatic nitrogens is 2. The van der Waals surface area contributed by atoms with Crippen LogP contribution < -0.4 is 5.32 Å². The van der Waals surface area contributed by atoms with E-state index in [0.717, 1.165) is 16.3 Å². The molecule has 3 aromatic carbocycles. The van der Waals surface area contributed by atoms with Gasteiger partial charge in [-0.15, -0.1) is 0 Å². The number of carbonyl (C=O) groups excluding carboxylic acids is 2. The molecule has 0 fully saturated rings. The summed E-state index contributed by atoms with van der Waals surface area (Å²) in [4.78, 5) is 30.0. The molecule has 29 heavy (non-hydrogen) atoms. The lowest BCUT2D eigenvalue weighted by Crippen LogP contribution is -2.37. The molecule has 4 rings (SSSR count). The number of nitrogens with zero attached hydrogens (tertiary/aromatic N) is 2. The van der Waals surface area contributed by atoms with E-state index in [0.29, 0.717) is 12.1 Å². The predicted octanol–water partition coefficient (Wildman–Crippen LogP) is 3.85. The highest BCUT2D eigenvalue weighted by molar-refractivity contribution is 6.10. The quantitative estimate of drug-likeness (QED) is 0.389. The average Bonchev–Trinajstić information content (AvgIpc) is 3.29. The van der Waals surface area contributed by atoms with Crippen molar-refractivity contribution in [3.05, 3.63) is 103 Å². The molecule has 1 atom stereocenters. The Morgan fingerprint density at radius 3 is 2.45 bits per heavy atom. The van der Waals surface area contributed by atoms with Gasteiger partial charge in [-0.3, -0.25) is 9.59 Å². The summed E-state index contributed by atoms with van der Waals surface area (Å²) in [7, 11) is 0. The number of benzene rings is 3. The molecule has 0 aliphatic rings. The van der Waals surface area contributed by atoms with Crippen molar-refractivity contribution in [2.45, 2.75) is 13.1 Å². The summed E-state index contributed by atoms with van der Waals surface area (Å²) in [6.45, 7) is 0.615. The number of nitrogens with one attached hydrogen (secondary N) is 1. The molecule has 1 aromatic heterocycles. The number of rotatable bonds is 7. The number of hydrogen-bond acceptors (Lipinski definition) is 3. The van der Waals surface area contributed by atoms with Gasteiger partial charge in [-0.05, 0) is 22.4 Å². The molecule has 0 aliphatic carbocycles. The van der Waals surface area contributed by atoms with Gasteiger partial charge in [0.1, 0.15) is 5.92 Å². The summed E-state index contributed by atoms with van der Waals surface area (Å²) < 4.78 is 1.75. The molecule has 1 unspecified atom stereocenters. The summed E-state index contributed by atoms with van der Waals surface area (Å²) in [5, 5.41) is 5.21. The Balaban J connectivity index is 1.51. The molecule has 144 valence electrons. The summed E-state index contributed by atoms with van der Waals surface area (Å²) in [6.07, 6.45) is 5.00. The van der Waals surface area contributed by atoms with Crippen LogP contribution in [0.2, 0.25) is 0 Å². The van der Waals surface area contributed by atoms with Gasteiger partial charge in [0.25, 0.3) is 0 Å². The van der Waals surface area contributed by atoms with Crippen LogP contribution in [0.4, 0.5) is 0 Å². The van der Waals surface area contributed by atoms with Crippen molar-refractivity contribution in [2.24, 2.45) is 5.92 Å². The Morgan fingerprint density at radius 1 is 0.931 bits per heavy atom. The van der Waals surface area contributed by atoms with E-state index in [1.165, 1.54) is 0 Å². The fourth-order valence-electron chi connectivity index (χ4n) is 3.36. The van der Waals surface area contributed by atoms with Gasteiger partial charge in [0.05, 0.1) is 6.33 Å². The third kappa shape index (κ3) is 4.41. The van der Waals surface area contributed by atoms with Gasteiger partial charge in [0, 0.05) is 31.0 Å². The van der Waals surface area contributed by atoms with Crippen LogP contribution in [0, 0.1) is 5.92 Å². The highest BCUT2D eigenvalue weighted by atomic mass is 16.2. The maximum atomic E-state index is 13.0. The Labute approximate surface area is 169 Å². The Kier molecular flexibility index (Phi) is 5.47. The molecule has 5 heteroatoms.